The van der Waals surface area contributed by atoms with Crippen molar-refractivity contribution in [3.8, 4) is 0 Å². The molecular formula is C12H12ClN3. The molecule has 3 nitrogen and oxygen atoms in total. The minimum absolute atomic E-state index is 0.719. The van der Waals surface area contributed by atoms with Crippen LogP contribution in [0.1, 0.15) is 11.3 Å². The van der Waals surface area contributed by atoms with Crippen molar-refractivity contribution >= 4 is 17.4 Å². The Morgan fingerprint density at radius 1 is 1.12 bits per heavy atom. The van der Waals surface area contributed by atoms with Crippen LogP contribution in [0.4, 0.5) is 5.82 Å². The lowest BCUT2D eigenvalue weighted by atomic mass is 10.2. The van der Waals surface area contributed by atoms with E-state index in [-0.39, 0.29) is 0 Å². The van der Waals surface area contributed by atoms with Crippen molar-refractivity contribution in [3.63, 3.8) is 0 Å². The van der Waals surface area contributed by atoms with Crippen molar-refractivity contribution in [2.24, 2.45) is 0 Å². The molecule has 1 aromatic heterocycles. The minimum atomic E-state index is 0.719. The SMILES string of the molecule is Cc1nccnc1NCc1ccc(Cl)cc1. The second-order valence-corrected chi connectivity index (χ2v) is 3.91. The largest absolute Gasteiger partial charge is 0.364 e. The molecule has 0 amide bonds. The van der Waals surface area contributed by atoms with E-state index in [1.54, 1.807) is 12.4 Å². The molecule has 0 radical (unpaired) electrons. The molecule has 1 heterocycles. The molecule has 16 heavy (non-hydrogen) atoms. The minimum Gasteiger partial charge on any atom is -0.364 e. The number of aromatic nitrogens is 2. The lowest BCUT2D eigenvalue weighted by Crippen LogP contribution is -2.03. The Hall–Kier alpha value is -1.61. The maximum atomic E-state index is 5.81. The summed E-state index contributed by atoms with van der Waals surface area (Å²) in [4.78, 5) is 8.37. The molecule has 0 aliphatic rings. The van der Waals surface area contributed by atoms with Crippen LogP contribution in [-0.4, -0.2) is 9.97 Å². The van der Waals surface area contributed by atoms with E-state index in [9.17, 15) is 0 Å². The van der Waals surface area contributed by atoms with Crippen molar-refractivity contribution in [2.75, 3.05) is 5.32 Å². The van der Waals surface area contributed by atoms with Crippen LogP contribution < -0.4 is 5.32 Å². The van der Waals surface area contributed by atoms with Gasteiger partial charge in [-0.25, -0.2) is 4.98 Å². The van der Waals surface area contributed by atoms with Crippen LogP contribution in [0.2, 0.25) is 5.02 Å². The maximum Gasteiger partial charge on any atom is 0.147 e. The molecule has 0 fully saturated rings. The predicted molar refractivity (Wildman–Crippen MR) is 65.5 cm³/mol. The number of nitrogens with zero attached hydrogens (tertiary/aromatic N) is 2. The third-order valence-corrected chi connectivity index (χ3v) is 2.51. The first kappa shape index (κ1) is 10.9. The number of aryl methyl sites for hydroxylation is 1. The maximum absolute atomic E-state index is 5.81. The molecule has 1 aromatic carbocycles. The first-order chi connectivity index (χ1) is 7.75. The highest BCUT2D eigenvalue weighted by Crippen LogP contribution is 2.12. The smallest absolute Gasteiger partial charge is 0.147 e. The quantitative estimate of drug-likeness (QED) is 0.886. The van der Waals surface area contributed by atoms with Crippen molar-refractivity contribution in [1.29, 1.82) is 0 Å². The van der Waals surface area contributed by atoms with Crippen LogP contribution in [0.15, 0.2) is 36.7 Å². The van der Waals surface area contributed by atoms with Crippen LogP contribution in [0.3, 0.4) is 0 Å². The molecular weight excluding hydrogens is 222 g/mol. The lowest BCUT2D eigenvalue weighted by Gasteiger charge is -2.07. The summed E-state index contributed by atoms with van der Waals surface area (Å²) in [6.07, 6.45) is 3.36. The van der Waals surface area contributed by atoms with E-state index in [1.807, 2.05) is 31.2 Å². The number of anilines is 1. The standard InChI is InChI=1S/C12H12ClN3/c1-9-12(15-7-6-14-9)16-8-10-2-4-11(13)5-3-10/h2-7H,8H2,1H3,(H,15,16). The van der Waals surface area contributed by atoms with Crippen molar-refractivity contribution in [1.82, 2.24) is 9.97 Å². The van der Waals surface area contributed by atoms with Gasteiger partial charge in [0, 0.05) is 24.0 Å². The van der Waals surface area contributed by atoms with Gasteiger partial charge in [-0.3, -0.25) is 4.98 Å². The number of halogens is 1. The highest BCUT2D eigenvalue weighted by molar-refractivity contribution is 6.30. The number of rotatable bonds is 3. The fourth-order valence-electron chi connectivity index (χ4n) is 1.37. The average molecular weight is 234 g/mol. The molecule has 0 bridgehead atoms. The normalized spacial score (nSPS) is 10.1. The van der Waals surface area contributed by atoms with Crippen molar-refractivity contribution in [3.05, 3.63) is 52.9 Å². The van der Waals surface area contributed by atoms with Gasteiger partial charge < -0.3 is 5.32 Å². The van der Waals surface area contributed by atoms with Gasteiger partial charge >= 0.3 is 0 Å². The van der Waals surface area contributed by atoms with Gasteiger partial charge in [-0.2, -0.15) is 0 Å². The fourth-order valence-corrected chi connectivity index (χ4v) is 1.50. The van der Waals surface area contributed by atoms with E-state index < -0.39 is 0 Å². The van der Waals surface area contributed by atoms with E-state index in [0.29, 0.717) is 0 Å². The van der Waals surface area contributed by atoms with E-state index >= 15 is 0 Å². The Kier molecular flexibility index (Phi) is 3.37. The molecule has 2 rings (SSSR count). The van der Waals surface area contributed by atoms with Crippen molar-refractivity contribution in [2.45, 2.75) is 13.5 Å². The average Bonchev–Trinajstić information content (AvgIpc) is 2.30. The van der Waals surface area contributed by atoms with Crippen LogP contribution in [-0.2, 0) is 6.54 Å². The van der Waals surface area contributed by atoms with Gasteiger partial charge in [0.15, 0.2) is 0 Å². The van der Waals surface area contributed by atoms with Crippen LogP contribution in [0, 0.1) is 6.92 Å². The van der Waals surface area contributed by atoms with Gasteiger partial charge in [0.2, 0.25) is 0 Å². The summed E-state index contributed by atoms with van der Waals surface area (Å²) in [5.74, 6) is 0.817. The number of hydrogen-bond acceptors (Lipinski definition) is 3. The van der Waals surface area contributed by atoms with Crippen molar-refractivity contribution < 1.29 is 0 Å². The molecule has 2 aromatic rings. The van der Waals surface area contributed by atoms with Gasteiger partial charge in [0.1, 0.15) is 5.82 Å². The summed E-state index contributed by atoms with van der Waals surface area (Å²) < 4.78 is 0. The molecule has 0 unspecified atom stereocenters. The molecule has 0 spiro atoms. The zero-order valence-corrected chi connectivity index (χ0v) is 9.70. The predicted octanol–water partition coefficient (Wildman–Crippen LogP) is 3.05. The number of nitrogens with one attached hydrogen (secondary N) is 1. The van der Waals surface area contributed by atoms with Gasteiger partial charge in [0.25, 0.3) is 0 Å². The summed E-state index contributed by atoms with van der Waals surface area (Å²) in [6.45, 7) is 2.65. The summed E-state index contributed by atoms with van der Waals surface area (Å²) >= 11 is 5.81. The summed E-state index contributed by atoms with van der Waals surface area (Å²) in [7, 11) is 0. The summed E-state index contributed by atoms with van der Waals surface area (Å²) in [5, 5.41) is 3.98. The Morgan fingerprint density at radius 2 is 1.81 bits per heavy atom. The number of benzene rings is 1. The first-order valence-electron chi connectivity index (χ1n) is 5.01. The molecule has 82 valence electrons. The lowest BCUT2D eigenvalue weighted by molar-refractivity contribution is 1.05. The van der Waals surface area contributed by atoms with Gasteiger partial charge in [-0.05, 0) is 24.6 Å². The Morgan fingerprint density at radius 3 is 2.50 bits per heavy atom. The second kappa shape index (κ2) is 4.94. The van der Waals surface area contributed by atoms with E-state index in [4.69, 9.17) is 11.6 Å². The van der Waals surface area contributed by atoms with Crippen LogP contribution in [0.25, 0.3) is 0 Å². The molecule has 0 atom stereocenters. The Labute approximate surface area is 99.5 Å². The first-order valence-corrected chi connectivity index (χ1v) is 5.39. The highest BCUT2D eigenvalue weighted by atomic mass is 35.5. The van der Waals surface area contributed by atoms with Gasteiger partial charge in [-0.15, -0.1) is 0 Å². The monoisotopic (exact) mass is 233 g/mol. The van der Waals surface area contributed by atoms with Gasteiger partial charge in [-0.1, -0.05) is 23.7 Å². The third kappa shape index (κ3) is 2.70. The highest BCUT2D eigenvalue weighted by Gasteiger charge is 1.99. The Bertz CT molecular complexity index is 468. The van der Waals surface area contributed by atoms with E-state index in [2.05, 4.69) is 15.3 Å². The van der Waals surface area contributed by atoms with E-state index in [1.165, 1.54) is 0 Å². The molecule has 4 heteroatoms. The summed E-state index contributed by atoms with van der Waals surface area (Å²) in [6, 6.07) is 7.73. The van der Waals surface area contributed by atoms with Gasteiger partial charge in [0.05, 0.1) is 5.69 Å². The molecule has 0 aliphatic carbocycles. The molecule has 0 aliphatic heterocycles. The number of hydrogen-bond donors (Lipinski definition) is 1. The zero-order valence-electron chi connectivity index (χ0n) is 8.94. The topological polar surface area (TPSA) is 37.8 Å². The Balaban J connectivity index is 2.02. The second-order valence-electron chi connectivity index (χ2n) is 3.47. The fraction of sp³-hybridized carbons (Fsp3) is 0.167. The molecule has 0 saturated heterocycles. The van der Waals surface area contributed by atoms with E-state index in [0.717, 1.165) is 28.6 Å². The van der Waals surface area contributed by atoms with Crippen LogP contribution in [0.5, 0.6) is 0 Å². The zero-order chi connectivity index (χ0) is 11.4. The van der Waals surface area contributed by atoms with Crippen LogP contribution >= 0.6 is 11.6 Å². The third-order valence-electron chi connectivity index (χ3n) is 2.25. The molecule has 0 saturated carbocycles. The molecule has 1 N–H and O–H groups in total. The summed E-state index contributed by atoms with van der Waals surface area (Å²) in [5.41, 5.74) is 2.06.